The molecular weight excluding hydrogens is 290 g/mol. The first kappa shape index (κ1) is 15.4. The van der Waals surface area contributed by atoms with Gasteiger partial charge in [0.25, 0.3) is 0 Å². The topological polar surface area (TPSA) is 101 Å². The molecule has 0 aromatic heterocycles. The Labute approximate surface area is 124 Å². The minimum atomic E-state index is -2.20. The van der Waals surface area contributed by atoms with Gasteiger partial charge in [0.15, 0.2) is 16.9 Å². The van der Waals surface area contributed by atoms with Gasteiger partial charge in [-0.3, -0.25) is 4.79 Å². The van der Waals surface area contributed by atoms with Crippen LogP contribution in [0.3, 0.4) is 0 Å². The number of benzene rings is 2. The molecule has 2 unspecified atom stereocenters. The van der Waals surface area contributed by atoms with Crippen molar-refractivity contribution in [2.75, 3.05) is 12.3 Å². The lowest BCUT2D eigenvalue weighted by Crippen LogP contribution is -2.11. The van der Waals surface area contributed by atoms with Crippen molar-refractivity contribution < 1.29 is 18.7 Å². The Hall–Kier alpha value is -2.02. The Balaban J connectivity index is 2.34. The van der Waals surface area contributed by atoms with Crippen LogP contribution >= 0.6 is 0 Å². The van der Waals surface area contributed by atoms with E-state index in [9.17, 15) is 14.1 Å². The van der Waals surface area contributed by atoms with Crippen molar-refractivity contribution in [1.29, 1.82) is 0 Å². The van der Waals surface area contributed by atoms with Crippen LogP contribution in [-0.4, -0.2) is 26.3 Å². The van der Waals surface area contributed by atoms with Gasteiger partial charge >= 0.3 is 0 Å². The van der Waals surface area contributed by atoms with Crippen LogP contribution in [0.1, 0.15) is 26.7 Å². The minimum Gasteiger partial charge on any atom is -0.399 e. The minimum absolute atomic E-state index is 0.211. The molecule has 0 fully saturated rings. The second-order valence-corrected chi connectivity index (χ2v) is 5.65. The van der Waals surface area contributed by atoms with Crippen molar-refractivity contribution in [3.63, 3.8) is 0 Å². The summed E-state index contributed by atoms with van der Waals surface area (Å²) in [5.74, 6) is -0.211. The quantitative estimate of drug-likeness (QED) is 0.444. The Kier molecular flexibility index (Phi) is 4.85. The zero-order chi connectivity index (χ0) is 15.4. The van der Waals surface area contributed by atoms with Crippen LogP contribution in [0, 0.1) is 0 Å². The van der Waals surface area contributed by atoms with Crippen molar-refractivity contribution in [1.82, 2.24) is 0 Å². The second-order valence-electron chi connectivity index (χ2n) is 4.52. The Morgan fingerprint density at radius 1 is 1.14 bits per heavy atom. The third-order valence-corrected chi connectivity index (χ3v) is 4.01. The van der Waals surface area contributed by atoms with Gasteiger partial charge in [-0.25, -0.2) is 4.21 Å². The highest BCUT2D eigenvalue weighted by Crippen LogP contribution is 2.21. The van der Waals surface area contributed by atoms with E-state index in [1.54, 1.807) is 42.5 Å². The number of carbonyl (C=O) groups excluding carboxylic acids is 1. The molecule has 2 aromatic rings. The SMILES string of the molecule is Nc1ccc(C(=O)c2cccc(C(CO)S(=O)O)c2)cc1. The number of carbonyl (C=O) groups is 1. The van der Waals surface area contributed by atoms with Crippen molar-refractivity contribution in [2.24, 2.45) is 0 Å². The van der Waals surface area contributed by atoms with Crippen LogP contribution in [0.4, 0.5) is 5.69 Å². The van der Waals surface area contributed by atoms with Gasteiger partial charge in [0.05, 0.1) is 6.61 Å². The van der Waals surface area contributed by atoms with Gasteiger partial charge in [-0.1, -0.05) is 18.2 Å². The molecule has 0 aliphatic rings. The lowest BCUT2D eigenvalue weighted by molar-refractivity contribution is 0.103. The normalized spacial score (nSPS) is 13.6. The predicted octanol–water partition coefficient (Wildman–Crippen LogP) is 1.75. The van der Waals surface area contributed by atoms with Crippen LogP contribution in [0.15, 0.2) is 48.5 Å². The number of ketones is 1. The van der Waals surface area contributed by atoms with E-state index in [-0.39, 0.29) is 5.78 Å². The smallest absolute Gasteiger partial charge is 0.193 e. The third-order valence-electron chi connectivity index (χ3n) is 3.10. The average Bonchev–Trinajstić information content (AvgIpc) is 2.48. The van der Waals surface area contributed by atoms with Crippen LogP contribution in [0.2, 0.25) is 0 Å². The van der Waals surface area contributed by atoms with E-state index in [1.165, 1.54) is 6.07 Å². The van der Waals surface area contributed by atoms with E-state index in [0.29, 0.717) is 22.4 Å². The molecule has 0 aliphatic heterocycles. The molecule has 110 valence electrons. The van der Waals surface area contributed by atoms with Crippen LogP contribution in [0.5, 0.6) is 0 Å². The monoisotopic (exact) mass is 305 g/mol. The molecule has 2 rings (SSSR count). The number of rotatable bonds is 5. The third kappa shape index (κ3) is 3.55. The standard InChI is InChI=1S/C15H15NO4S/c16-13-6-4-10(5-7-13)15(18)12-3-1-2-11(8-12)14(9-17)21(19)20/h1-8,14,17H,9,16H2,(H,19,20). The maximum absolute atomic E-state index is 12.3. The molecule has 0 heterocycles. The second kappa shape index (κ2) is 6.62. The molecule has 4 N–H and O–H groups in total. The highest BCUT2D eigenvalue weighted by atomic mass is 32.2. The highest BCUT2D eigenvalue weighted by Gasteiger charge is 2.18. The summed E-state index contributed by atoms with van der Waals surface area (Å²) in [7, 11) is 0. The zero-order valence-corrected chi connectivity index (χ0v) is 11.9. The van der Waals surface area contributed by atoms with Crippen molar-refractivity contribution in [3.05, 3.63) is 65.2 Å². The first-order valence-electron chi connectivity index (χ1n) is 6.23. The summed E-state index contributed by atoms with van der Waals surface area (Å²) >= 11 is -2.20. The fraction of sp³-hybridized carbons (Fsp3) is 0.133. The molecule has 21 heavy (non-hydrogen) atoms. The number of nitrogen functional groups attached to an aromatic ring is 1. The predicted molar refractivity (Wildman–Crippen MR) is 81.3 cm³/mol. The molecule has 0 aliphatic carbocycles. The average molecular weight is 305 g/mol. The molecular formula is C15H15NO4S. The van der Waals surface area contributed by atoms with Gasteiger partial charge in [-0.05, 0) is 35.9 Å². The first-order valence-corrected chi connectivity index (χ1v) is 7.40. The highest BCUT2D eigenvalue weighted by molar-refractivity contribution is 7.79. The fourth-order valence-electron chi connectivity index (χ4n) is 1.97. The van der Waals surface area contributed by atoms with Gasteiger partial charge in [0, 0.05) is 16.8 Å². The van der Waals surface area contributed by atoms with Crippen molar-refractivity contribution in [3.8, 4) is 0 Å². The van der Waals surface area contributed by atoms with E-state index >= 15 is 0 Å². The van der Waals surface area contributed by atoms with Gasteiger partial charge < -0.3 is 15.4 Å². The largest absolute Gasteiger partial charge is 0.399 e. The van der Waals surface area contributed by atoms with Crippen LogP contribution in [0.25, 0.3) is 0 Å². The number of hydrogen-bond donors (Lipinski definition) is 3. The lowest BCUT2D eigenvalue weighted by atomic mass is 10.00. The summed E-state index contributed by atoms with van der Waals surface area (Å²) in [6.45, 7) is -0.470. The maximum Gasteiger partial charge on any atom is 0.193 e. The number of aliphatic hydroxyl groups excluding tert-OH is 1. The molecule has 0 saturated carbocycles. The van der Waals surface area contributed by atoms with E-state index in [4.69, 9.17) is 10.3 Å². The summed E-state index contributed by atoms with van der Waals surface area (Å²) in [5.41, 5.74) is 7.46. The van der Waals surface area contributed by atoms with Gasteiger partial charge in [-0.2, -0.15) is 0 Å². The van der Waals surface area contributed by atoms with E-state index in [0.717, 1.165) is 0 Å². The summed E-state index contributed by atoms with van der Waals surface area (Å²) in [5, 5.41) is 8.25. The van der Waals surface area contributed by atoms with E-state index in [2.05, 4.69) is 0 Å². The first-order chi connectivity index (χ1) is 10.0. The summed E-state index contributed by atoms with van der Waals surface area (Å²) in [4.78, 5) is 12.3. The number of hydrogen-bond acceptors (Lipinski definition) is 4. The molecule has 6 heteroatoms. The van der Waals surface area contributed by atoms with Gasteiger partial charge in [0.2, 0.25) is 0 Å². The number of anilines is 1. The summed E-state index contributed by atoms with van der Waals surface area (Å²) in [6.07, 6.45) is 0. The van der Waals surface area contributed by atoms with Crippen LogP contribution in [-0.2, 0) is 11.1 Å². The van der Waals surface area contributed by atoms with Gasteiger partial charge in [-0.15, -0.1) is 0 Å². The van der Waals surface area contributed by atoms with E-state index < -0.39 is 22.9 Å². The zero-order valence-electron chi connectivity index (χ0n) is 11.1. The molecule has 2 aromatic carbocycles. The molecule has 2 atom stereocenters. The van der Waals surface area contributed by atoms with Gasteiger partial charge in [0.1, 0.15) is 5.25 Å². The molecule has 5 nitrogen and oxygen atoms in total. The number of nitrogens with two attached hydrogens (primary N) is 1. The maximum atomic E-state index is 12.3. The van der Waals surface area contributed by atoms with E-state index in [1.807, 2.05) is 0 Å². The molecule has 0 bridgehead atoms. The summed E-state index contributed by atoms with van der Waals surface area (Å²) in [6, 6.07) is 12.9. The Morgan fingerprint density at radius 3 is 2.38 bits per heavy atom. The summed E-state index contributed by atoms with van der Waals surface area (Å²) < 4.78 is 20.3. The lowest BCUT2D eigenvalue weighted by Gasteiger charge is -2.11. The van der Waals surface area contributed by atoms with Crippen LogP contribution < -0.4 is 5.73 Å². The molecule has 0 radical (unpaired) electrons. The molecule has 0 spiro atoms. The van der Waals surface area contributed by atoms with Crippen molar-refractivity contribution >= 4 is 22.6 Å². The molecule has 0 amide bonds. The Bertz CT molecular complexity index is 670. The Morgan fingerprint density at radius 2 is 1.81 bits per heavy atom. The fourth-order valence-corrected chi connectivity index (χ4v) is 2.47. The van der Waals surface area contributed by atoms with Crippen molar-refractivity contribution in [2.45, 2.75) is 5.25 Å². The molecule has 0 saturated heterocycles. The number of aliphatic hydroxyl groups is 1.